The molecule has 0 unspecified atom stereocenters. The third-order valence-electron chi connectivity index (χ3n) is 5.97. The van der Waals surface area contributed by atoms with E-state index in [2.05, 4.69) is 14.9 Å². The highest BCUT2D eigenvalue weighted by Crippen LogP contribution is 2.42. The third-order valence-corrected chi connectivity index (χ3v) is 5.97. The average Bonchev–Trinajstić information content (AvgIpc) is 2.67. The number of carbonyl (C=O) groups excluding carboxylic acids is 1. The highest BCUT2D eigenvalue weighted by Gasteiger charge is 2.52. The number of likely N-dealkylation sites (tertiary alicyclic amines) is 2. The lowest BCUT2D eigenvalue weighted by atomic mass is 9.68. The van der Waals surface area contributed by atoms with Crippen molar-refractivity contribution in [1.29, 1.82) is 0 Å². The molecule has 7 heteroatoms. The number of fused-ring (bicyclic) bond motifs is 2. The van der Waals surface area contributed by atoms with Crippen LogP contribution in [0.2, 0.25) is 0 Å². The maximum Gasteiger partial charge on any atom is 0.311 e. The molecular weight excluding hydrogens is 332 g/mol. The van der Waals surface area contributed by atoms with Crippen LogP contribution in [0, 0.1) is 5.41 Å². The van der Waals surface area contributed by atoms with Crippen LogP contribution < -0.4 is 0 Å². The predicted octanol–water partition coefficient (Wildman–Crippen LogP) is 1.64. The predicted molar refractivity (Wildman–Crippen MR) is 95.8 cm³/mol. The Morgan fingerprint density at radius 1 is 1.19 bits per heavy atom. The van der Waals surface area contributed by atoms with Gasteiger partial charge in [0.05, 0.1) is 16.5 Å². The molecule has 0 aliphatic carbocycles. The summed E-state index contributed by atoms with van der Waals surface area (Å²) in [6.07, 6.45) is 5.24. The Balaban J connectivity index is 1.65. The molecule has 2 saturated heterocycles. The zero-order valence-electron chi connectivity index (χ0n) is 14.8. The van der Waals surface area contributed by atoms with E-state index in [9.17, 15) is 14.7 Å². The molecule has 2 aliphatic rings. The van der Waals surface area contributed by atoms with Crippen LogP contribution in [0.25, 0.3) is 11.0 Å². The van der Waals surface area contributed by atoms with E-state index in [1.54, 1.807) is 23.4 Å². The fourth-order valence-corrected chi connectivity index (χ4v) is 4.50. The summed E-state index contributed by atoms with van der Waals surface area (Å²) in [6.45, 7) is 1.74. The molecule has 2 aromatic rings. The van der Waals surface area contributed by atoms with Crippen LogP contribution in [0.3, 0.4) is 0 Å². The van der Waals surface area contributed by atoms with Gasteiger partial charge in [-0.05, 0) is 45.0 Å². The number of piperidine rings is 2. The Hall–Kier alpha value is -2.54. The lowest BCUT2D eigenvalue weighted by Gasteiger charge is -2.51. The highest BCUT2D eigenvalue weighted by molar-refractivity contribution is 6.04. The second-order valence-electron chi connectivity index (χ2n) is 7.29. The molecule has 0 bridgehead atoms. The van der Waals surface area contributed by atoms with Crippen molar-refractivity contribution in [3.63, 3.8) is 0 Å². The largest absolute Gasteiger partial charge is 0.481 e. The Morgan fingerprint density at radius 3 is 2.81 bits per heavy atom. The van der Waals surface area contributed by atoms with Crippen molar-refractivity contribution in [3.05, 3.63) is 36.2 Å². The van der Waals surface area contributed by atoms with E-state index in [4.69, 9.17) is 0 Å². The number of carboxylic acids is 1. The second kappa shape index (κ2) is 6.32. The number of aliphatic carboxylic acids is 1. The zero-order valence-corrected chi connectivity index (χ0v) is 14.8. The number of benzene rings is 1. The Kier molecular flexibility index (Phi) is 4.11. The summed E-state index contributed by atoms with van der Waals surface area (Å²) in [5.74, 6) is -0.841. The number of rotatable bonds is 2. The summed E-state index contributed by atoms with van der Waals surface area (Å²) in [6, 6.07) is 5.25. The molecule has 1 amide bonds. The van der Waals surface area contributed by atoms with E-state index in [1.807, 2.05) is 19.2 Å². The van der Waals surface area contributed by atoms with E-state index in [0.29, 0.717) is 42.5 Å². The van der Waals surface area contributed by atoms with Crippen LogP contribution in [-0.4, -0.2) is 69.5 Å². The maximum absolute atomic E-state index is 13.2. The van der Waals surface area contributed by atoms with Crippen molar-refractivity contribution < 1.29 is 14.7 Å². The van der Waals surface area contributed by atoms with Gasteiger partial charge >= 0.3 is 5.97 Å². The van der Waals surface area contributed by atoms with E-state index in [1.165, 1.54) is 0 Å². The zero-order chi connectivity index (χ0) is 18.3. The molecular formula is C19H22N4O3. The van der Waals surface area contributed by atoms with Crippen LogP contribution in [0.4, 0.5) is 0 Å². The fourth-order valence-electron chi connectivity index (χ4n) is 4.50. The van der Waals surface area contributed by atoms with Gasteiger partial charge in [-0.1, -0.05) is 6.07 Å². The monoisotopic (exact) mass is 354 g/mol. The van der Waals surface area contributed by atoms with Crippen LogP contribution in [0.15, 0.2) is 30.6 Å². The molecule has 0 saturated carbocycles. The SMILES string of the molecule is CN1CCC[C@]2(C(=O)O)CCN(C(=O)c3cccc4nccnc34)C[C@@H]12. The first-order valence-corrected chi connectivity index (χ1v) is 8.95. The number of aromatic nitrogens is 2. The normalized spacial score (nSPS) is 26.5. The van der Waals surface area contributed by atoms with E-state index in [0.717, 1.165) is 13.0 Å². The minimum Gasteiger partial charge on any atom is -0.481 e. The molecule has 1 aromatic carbocycles. The fraction of sp³-hybridized carbons (Fsp3) is 0.474. The average molecular weight is 354 g/mol. The number of para-hydroxylation sites is 1. The standard InChI is InChI=1S/C19H22N4O3/c1-22-10-3-6-19(18(25)26)7-11-23(12-15(19)22)17(24)13-4-2-5-14-16(13)21-9-8-20-14/h2,4-5,8-9,15H,3,6-7,10-12H2,1H3,(H,25,26)/t15-,19+/m1/s1. The molecule has 3 heterocycles. The Morgan fingerprint density at radius 2 is 2.00 bits per heavy atom. The Bertz CT molecular complexity index is 865. The van der Waals surface area contributed by atoms with Crippen molar-refractivity contribution in [1.82, 2.24) is 19.8 Å². The van der Waals surface area contributed by atoms with Crippen LogP contribution >= 0.6 is 0 Å². The summed E-state index contributed by atoms with van der Waals surface area (Å²) in [5, 5.41) is 9.88. The summed E-state index contributed by atoms with van der Waals surface area (Å²) in [4.78, 5) is 37.6. The molecule has 1 aromatic heterocycles. The van der Waals surface area contributed by atoms with Gasteiger partial charge in [-0.25, -0.2) is 0 Å². The highest BCUT2D eigenvalue weighted by atomic mass is 16.4. The van der Waals surface area contributed by atoms with Gasteiger partial charge in [-0.15, -0.1) is 0 Å². The summed E-state index contributed by atoms with van der Waals surface area (Å²) in [7, 11) is 1.96. The van der Waals surface area contributed by atoms with E-state index >= 15 is 0 Å². The van der Waals surface area contributed by atoms with Gasteiger partial charge in [-0.3, -0.25) is 19.6 Å². The van der Waals surface area contributed by atoms with Crippen molar-refractivity contribution in [2.45, 2.75) is 25.3 Å². The van der Waals surface area contributed by atoms with Crippen LogP contribution in [0.5, 0.6) is 0 Å². The van der Waals surface area contributed by atoms with Gasteiger partial charge < -0.3 is 14.9 Å². The van der Waals surface area contributed by atoms with Gasteiger partial charge in [0.15, 0.2) is 0 Å². The van der Waals surface area contributed by atoms with Crippen molar-refractivity contribution >= 4 is 22.9 Å². The second-order valence-corrected chi connectivity index (χ2v) is 7.29. The quantitative estimate of drug-likeness (QED) is 0.882. The van der Waals surface area contributed by atoms with Crippen molar-refractivity contribution in [2.75, 3.05) is 26.7 Å². The topological polar surface area (TPSA) is 86.6 Å². The third kappa shape index (κ3) is 2.54. The van der Waals surface area contributed by atoms with Gasteiger partial charge in [0.25, 0.3) is 5.91 Å². The minimum atomic E-state index is -0.748. The summed E-state index contributed by atoms with van der Waals surface area (Å²) in [5.41, 5.74) is 1.05. The number of carboxylic acid groups (broad SMARTS) is 1. The number of carbonyl (C=O) groups is 2. The molecule has 136 valence electrons. The number of hydrogen-bond acceptors (Lipinski definition) is 5. The van der Waals surface area contributed by atoms with E-state index in [-0.39, 0.29) is 11.9 Å². The number of amides is 1. The Labute approximate surface area is 151 Å². The van der Waals surface area contributed by atoms with Gasteiger partial charge in [0.1, 0.15) is 5.52 Å². The van der Waals surface area contributed by atoms with Gasteiger partial charge in [0, 0.05) is 31.5 Å². The molecule has 2 fully saturated rings. The smallest absolute Gasteiger partial charge is 0.311 e. The first-order valence-electron chi connectivity index (χ1n) is 8.95. The van der Waals surface area contributed by atoms with Crippen molar-refractivity contribution in [3.8, 4) is 0 Å². The first kappa shape index (κ1) is 16.9. The molecule has 0 spiro atoms. The molecule has 1 N–H and O–H groups in total. The van der Waals surface area contributed by atoms with Crippen LogP contribution in [0.1, 0.15) is 29.6 Å². The number of hydrogen-bond donors (Lipinski definition) is 1. The molecule has 4 rings (SSSR count). The summed E-state index contributed by atoms with van der Waals surface area (Å²) < 4.78 is 0. The number of nitrogens with zero attached hydrogens (tertiary/aromatic N) is 4. The van der Waals surface area contributed by atoms with E-state index < -0.39 is 11.4 Å². The lowest BCUT2D eigenvalue weighted by Crippen LogP contribution is -2.63. The first-order chi connectivity index (χ1) is 12.5. The molecule has 7 nitrogen and oxygen atoms in total. The maximum atomic E-state index is 13.2. The van der Waals surface area contributed by atoms with Crippen LogP contribution in [-0.2, 0) is 4.79 Å². The molecule has 2 atom stereocenters. The molecule has 2 aliphatic heterocycles. The lowest BCUT2D eigenvalue weighted by molar-refractivity contribution is -0.161. The van der Waals surface area contributed by atoms with Gasteiger partial charge in [0.2, 0.25) is 0 Å². The molecule has 0 radical (unpaired) electrons. The van der Waals surface area contributed by atoms with Gasteiger partial charge in [-0.2, -0.15) is 0 Å². The summed E-state index contributed by atoms with van der Waals surface area (Å²) >= 11 is 0. The minimum absolute atomic E-state index is 0.103. The molecule has 26 heavy (non-hydrogen) atoms. The van der Waals surface area contributed by atoms with Crippen molar-refractivity contribution in [2.24, 2.45) is 5.41 Å². The number of likely N-dealkylation sites (N-methyl/N-ethyl adjacent to an activating group) is 1.